The Labute approximate surface area is 206 Å². The van der Waals surface area contributed by atoms with Crippen LogP contribution in [-0.2, 0) is 11.8 Å². The van der Waals surface area contributed by atoms with E-state index in [1.54, 1.807) is 39.4 Å². The average molecular weight is 495 g/mol. The van der Waals surface area contributed by atoms with E-state index in [0.717, 1.165) is 17.7 Å². The first-order valence-corrected chi connectivity index (χ1v) is 11.7. The molecule has 3 aromatic heterocycles. The van der Waals surface area contributed by atoms with E-state index in [0.29, 0.717) is 30.2 Å². The molecule has 0 bridgehead atoms. The molecule has 1 fully saturated rings. The van der Waals surface area contributed by atoms with E-state index in [4.69, 9.17) is 26.1 Å². The van der Waals surface area contributed by atoms with Crippen LogP contribution in [0.15, 0.2) is 47.4 Å². The number of pyridine rings is 2. The summed E-state index contributed by atoms with van der Waals surface area (Å²) < 4.78 is 27.8. The van der Waals surface area contributed by atoms with E-state index in [-0.39, 0.29) is 39.2 Å². The summed E-state index contributed by atoms with van der Waals surface area (Å²) in [4.78, 5) is 26.9. The molecule has 4 aromatic rings. The number of hydrogen-bond acceptors (Lipinski definition) is 6. The zero-order chi connectivity index (χ0) is 24.7. The number of halogens is 2. The number of methoxy groups -OCH3 is 1. The fraction of sp³-hybridized carbons (Fsp3) is 0.308. The Hall–Kier alpha value is -3.36. The van der Waals surface area contributed by atoms with E-state index in [2.05, 4.69) is 9.97 Å². The molecule has 5 rings (SSSR count). The number of rotatable bonds is 4. The van der Waals surface area contributed by atoms with Gasteiger partial charge in [0.15, 0.2) is 0 Å². The van der Waals surface area contributed by atoms with Gasteiger partial charge in [0.2, 0.25) is 5.88 Å². The van der Waals surface area contributed by atoms with Crippen molar-refractivity contribution in [1.82, 2.24) is 19.5 Å². The lowest BCUT2D eigenvalue weighted by molar-refractivity contribution is 0.00451. The van der Waals surface area contributed by atoms with Crippen molar-refractivity contribution in [1.29, 1.82) is 0 Å². The minimum Gasteiger partial charge on any atom is -0.481 e. The quantitative estimate of drug-likeness (QED) is 0.391. The highest BCUT2D eigenvalue weighted by molar-refractivity contribution is 6.30. The summed E-state index contributed by atoms with van der Waals surface area (Å²) in [6.07, 6.45) is 2.93. The lowest BCUT2D eigenvalue weighted by atomic mass is 9.88. The molecule has 2 unspecified atom stereocenters. The van der Waals surface area contributed by atoms with Crippen molar-refractivity contribution in [3.05, 3.63) is 80.9 Å². The molecule has 180 valence electrons. The van der Waals surface area contributed by atoms with E-state index in [1.165, 1.54) is 10.6 Å². The van der Waals surface area contributed by atoms with Gasteiger partial charge in [0.1, 0.15) is 11.6 Å². The molecule has 0 N–H and O–H groups in total. The molecule has 0 aliphatic carbocycles. The highest BCUT2D eigenvalue weighted by Crippen LogP contribution is 2.39. The Morgan fingerprint density at radius 3 is 2.80 bits per heavy atom. The normalized spacial score (nSPS) is 18.1. The van der Waals surface area contributed by atoms with Gasteiger partial charge in [-0.3, -0.25) is 14.3 Å². The Bertz CT molecular complexity index is 1490. The van der Waals surface area contributed by atoms with Crippen LogP contribution >= 0.6 is 11.6 Å². The maximum Gasteiger partial charge on any atom is 0.263 e. The Morgan fingerprint density at radius 1 is 1.20 bits per heavy atom. The van der Waals surface area contributed by atoms with E-state index in [1.807, 2.05) is 18.2 Å². The van der Waals surface area contributed by atoms with Crippen molar-refractivity contribution in [3.63, 3.8) is 0 Å². The number of aryl methyl sites for hydroxylation is 1. The molecule has 4 heterocycles. The molecular weight excluding hydrogens is 471 g/mol. The van der Waals surface area contributed by atoms with Gasteiger partial charge in [-0.15, -0.1) is 0 Å². The fourth-order valence-electron chi connectivity index (χ4n) is 4.53. The third-order valence-electron chi connectivity index (χ3n) is 6.53. The van der Waals surface area contributed by atoms with Crippen LogP contribution in [-0.4, -0.2) is 33.2 Å². The van der Waals surface area contributed by atoms with E-state index in [9.17, 15) is 4.79 Å². The number of nitrogens with zero attached hydrogens (tertiary/aromatic N) is 4. The molecule has 1 aliphatic rings. The molecule has 1 aromatic carbocycles. The Balaban J connectivity index is 1.64. The first-order valence-electron chi connectivity index (χ1n) is 11.3. The van der Waals surface area contributed by atoms with Crippen molar-refractivity contribution in [3.8, 4) is 17.1 Å². The molecule has 0 spiro atoms. The largest absolute Gasteiger partial charge is 0.481 e. The van der Waals surface area contributed by atoms with Crippen molar-refractivity contribution < 1.29 is 13.9 Å². The van der Waals surface area contributed by atoms with Crippen LogP contribution in [0.2, 0.25) is 5.02 Å². The highest BCUT2D eigenvalue weighted by Gasteiger charge is 2.28. The van der Waals surface area contributed by atoms with E-state index < -0.39 is 5.82 Å². The summed E-state index contributed by atoms with van der Waals surface area (Å²) in [6, 6.07) is 9.99. The van der Waals surface area contributed by atoms with Crippen LogP contribution in [0.25, 0.3) is 22.2 Å². The molecule has 1 saturated heterocycles. The third kappa shape index (κ3) is 4.39. The van der Waals surface area contributed by atoms with Gasteiger partial charge in [-0.1, -0.05) is 11.6 Å². The second kappa shape index (κ2) is 9.36. The number of aromatic nitrogens is 4. The first-order chi connectivity index (χ1) is 16.9. The second-order valence-electron chi connectivity index (χ2n) is 8.65. The van der Waals surface area contributed by atoms with Crippen LogP contribution in [0.5, 0.6) is 5.88 Å². The lowest BCUT2D eigenvalue weighted by Gasteiger charge is -2.30. The van der Waals surface area contributed by atoms with Gasteiger partial charge in [0, 0.05) is 48.1 Å². The predicted octanol–water partition coefficient (Wildman–Crippen LogP) is 5.14. The van der Waals surface area contributed by atoms with Crippen molar-refractivity contribution >= 4 is 22.5 Å². The predicted molar refractivity (Wildman–Crippen MR) is 131 cm³/mol. The van der Waals surface area contributed by atoms with Gasteiger partial charge < -0.3 is 9.47 Å². The highest BCUT2D eigenvalue weighted by atomic mass is 35.5. The van der Waals surface area contributed by atoms with Crippen LogP contribution in [0.3, 0.4) is 0 Å². The average Bonchev–Trinajstić information content (AvgIpc) is 2.87. The SMILES string of the molecule is COc1cc(C2CC(c3cc4nc(C)n(C)c(=O)c4c(-c4ccc(Cl)cc4F)n3)CCO2)ccn1. The Kier molecular flexibility index (Phi) is 6.25. The Morgan fingerprint density at radius 2 is 2.03 bits per heavy atom. The van der Waals surface area contributed by atoms with Gasteiger partial charge >= 0.3 is 0 Å². The minimum atomic E-state index is -0.542. The number of fused-ring (bicyclic) bond motifs is 1. The molecule has 0 radical (unpaired) electrons. The molecule has 0 saturated carbocycles. The molecule has 1 aliphatic heterocycles. The van der Waals surface area contributed by atoms with Crippen LogP contribution in [0, 0.1) is 12.7 Å². The molecule has 7 nitrogen and oxygen atoms in total. The number of benzene rings is 1. The van der Waals surface area contributed by atoms with E-state index >= 15 is 4.39 Å². The summed E-state index contributed by atoms with van der Waals surface area (Å²) in [5.41, 5.74) is 2.42. The zero-order valence-electron chi connectivity index (χ0n) is 19.6. The third-order valence-corrected chi connectivity index (χ3v) is 6.77. The molecule has 35 heavy (non-hydrogen) atoms. The van der Waals surface area contributed by atoms with Gasteiger partial charge in [0.25, 0.3) is 5.56 Å². The summed E-state index contributed by atoms with van der Waals surface area (Å²) in [6.45, 7) is 2.30. The molecule has 0 amide bonds. The van der Waals surface area contributed by atoms with Crippen LogP contribution in [0.4, 0.5) is 4.39 Å². The maximum absolute atomic E-state index is 15.0. The van der Waals surface area contributed by atoms with Crippen LogP contribution < -0.4 is 10.3 Å². The summed E-state index contributed by atoms with van der Waals surface area (Å²) in [7, 11) is 3.22. The molecule has 9 heteroatoms. The van der Waals surface area contributed by atoms with Crippen molar-refractivity contribution in [2.24, 2.45) is 7.05 Å². The van der Waals surface area contributed by atoms with Gasteiger partial charge in [0.05, 0.1) is 29.8 Å². The minimum absolute atomic E-state index is 0.0255. The smallest absolute Gasteiger partial charge is 0.263 e. The fourth-order valence-corrected chi connectivity index (χ4v) is 4.69. The van der Waals surface area contributed by atoms with Crippen molar-refractivity contribution in [2.75, 3.05) is 13.7 Å². The summed E-state index contributed by atoms with van der Waals surface area (Å²) in [5, 5.41) is 0.555. The number of ether oxygens (including phenoxy) is 2. The zero-order valence-corrected chi connectivity index (χ0v) is 20.3. The van der Waals surface area contributed by atoms with Crippen molar-refractivity contribution in [2.45, 2.75) is 31.8 Å². The molecular formula is C26H24ClFN4O3. The maximum atomic E-state index is 15.0. The monoisotopic (exact) mass is 494 g/mol. The molecule has 2 atom stereocenters. The first kappa shape index (κ1) is 23.4. The van der Waals surface area contributed by atoms with Gasteiger partial charge in [-0.25, -0.2) is 14.4 Å². The lowest BCUT2D eigenvalue weighted by Crippen LogP contribution is -2.23. The summed E-state index contributed by atoms with van der Waals surface area (Å²) >= 11 is 5.98. The summed E-state index contributed by atoms with van der Waals surface area (Å²) in [5.74, 6) is 0.571. The van der Waals surface area contributed by atoms with Gasteiger partial charge in [-0.2, -0.15) is 0 Å². The van der Waals surface area contributed by atoms with Gasteiger partial charge in [-0.05, 0) is 55.7 Å². The second-order valence-corrected chi connectivity index (χ2v) is 9.09. The number of hydrogen-bond donors (Lipinski definition) is 0. The van der Waals surface area contributed by atoms with Crippen LogP contribution in [0.1, 0.15) is 41.9 Å². The standard InChI is InChI=1S/C26H24ClFN4O3/c1-14-30-21-13-20(15-7-9-35-22(10-15)16-6-8-29-23(11-16)34-3)31-25(24(21)26(33)32(14)2)18-5-4-17(27)12-19(18)28/h4-6,8,11-13,15,22H,7,9-10H2,1-3H3. The topological polar surface area (TPSA) is 79.1 Å².